The van der Waals surface area contributed by atoms with Crippen molar-refractivity contribution in [2.24, 2.45) is 0 Å². The van der Waals surface area contributed by atoms with Crippen LogP contribution in [-0.2, 0) is 0 Å². The highest BCUT2D eigenvalue weighted by molar-refractivity contribution is 7.99. The van der Waals surface area contributed by atoms with Crippen molar-refractivity contribution in [2.75, 3.05) is 32.7 Å². The van der Waals surface area contributed by atoms with Crippen LogP contribution in [0.15, 0.2) is 64.4 Å². The summed E-state index contributed by atoms with van der Waals surface area (Å²) in [5.41, 5.74) is 3.79. The van der Waals surface area contributed by atoms with Gasteiger partial charge in [-0.2, -0.15) is 0 Å². The molecule has 1 fully saturated rings. The van der Waals surface area contributed by atoms with Crippen molar-refractivity contribution in [1.29, 1.82) is 0 Å². The number of hydrogen-bond donors (Lipinski definition) is 1. The van der Waals surface area contributed by atoms with Crippen LogP contribution < -0.4 is 5.43 Å². The predicted octanol–water partition coefficient (Wildman–Crippen LogP) is 3.12. The van der Waals surface area contributed by atoms with Crippen LogP contribution in [0.1, 0.15) is 17.3 Å². The zero-order valence-electron chi connectivity index (χ0n) is 13.9. The van der Waals surface area contributed by atoms with Crippen molar-refractivity contribution in [3.05, 3.63) is 60.2 Å². The molecule has 2 aromatic rings. The molecule has 0 aliphatic carbocycles. The van der Waals surface area contributed by atoms with Crippen LogP contribution in [0.4, 0.5) is 0 Å². The molecule has 0 aromatic heterocycles. The van der Waals surface area contributed by atoms with Gasteiger partial charge in [0.25, 0.3) is 5.91 Å². The first-order valence-corrected chi connectivity index (χ1v) is 9.18. The molecule has 2 aromatic carbocycles. The van der Waals surface area contributed by atoms with Gasteiger partial charge in [0.1, 0.15) is 0 Å². The fourth-order valence-electron chi connectivity index (χ4n) is 2.74. The first-order valence-electron chi connectivity index (χ1n) is 8.36. The minimum absolute atomic E-state index is 0.0287. The van der Waals surface area contributed by atoms with Crippen molar-refractivity contribution < 1.29 is 4.79 Å². The molecular formula is C19H23N3OS. The molecule has 1 N–H and O–H groups in total. The molecule has 0 saturated carbocycles. The fraction of sp³-hybridized carbons (Fsp3) is 0.316. The Labute approximate surface area is 147 Å². The maximum Gasteiger partial charge on any atom is 0.266 e. The average Bonchev–Trinajstić information content (AvgIpc) is 2.63. The standard InChI is InChI=1S/C19H23N3OS/c1-2-21-12-14-22(15-13-21)20-19(23)17-10-6-7-11-18(17)24-16-8-4-3-5-9-16/h3-11H,2,12-15H2,1H3,(H,20,23). The number of nitrogens with one attached hydrogen (secondary N) is 1. The lowest BCUT2D eigenvalue weighted by Gasteiger charge is -2.34. The topological polar surface area (TPSA) is 35.6 Å². The minimum atomic E-state index is -0.0287. The Morgan fingerprint density at radius 2 is 1.67 bits per heavy atom. The molecule has 0 atom stereocenters. The number of nitrogens with zero attached hydrogens (tertiary/aromatic N) is 2. The molecule has 24 heavy (non-hydrogen) atoms. The van der Waals surface area contributed by atoms with E-state index in [0.29, 0.717) is 0 Å². The normalized spacial score (nSPS) is 16.0. The van der Waals surface area contributed by atoms with Crippen molar-refractivity contribution in [3.8, 4) is 0 Å². The van der Waals surface area contributed by atoms with Gasteiger partial charge in [-0.25, -0.2) is 5.01 Å². The molecule has 5 heteroatoms. The molecule has 126 valence electrons. The highest BCUT2D eigenvalue weighted by atomic mass is 32.2. The number of carbonyl (C=O) groups excluding carboxylic acids is 1. The van der Waals surface area contributed by atoms with Crippen LogP contribution in [-0.4, -0.2) is 48.5 Å². The van der Waals surface area contributed by atoms with E-state index in [4.69, 9.17) is 0 Å². The third-order valence-corrected chi connectivity index (χ3v) is 5.27. The lowest BCUT2D eigenvalue weighted by molar-refractivity contribution is 0.0627. The van der Waals surface area contributed by atoms with Crippen molar-refractivity contribution >= 4 is 17.7 Å². The Morgan fingerprint density at radius 3 is 2.38 bits per heavy atom. The molecule has 0 bridgehead atoms. The van der Waals surface area contributed by atoms with E-state index in [-0.39, 0.29) is 5.91 Å². The van der Waals surface area contributed by atoms with Crippen LogP contribution in [0.5, 0.6) is 0 Å². The lowest BCUT2D eigenvalue weighted by atomic mass is 10.2. The van der Waals surface area contributed by atoms with E-state index in [1.165, 1.54) is 0 Å². The summed E-state index contributed by atoms with van der Waals surface area (Å²) < 4.78 is 0. The van der Waals surface area contributed by atoms with Crippen LogP contribution in [0.2, 0.25) is 0 Å². The van der Waals surface area contributed by atoms with Crippen LogP contribution in [0.25, 0.3) is 0 Å². The Morgan fingerprint density at radius 1 is 1.00 bits per heavy atom. The highest BCUT2D eigenvalue weighted by Gasteiger charge is 2.19. The SMILES string of the molecule is CCN1CCN(NC(=O)c2ccccc2Sc2ccccc2)CC1. The van der Waals surface area contributed by atoms with E-state index in [1.807, 2.05) is 47.5 Å². The van der Waals surface area contributed by atoms with E-state index >= 15 is 0 Å². The van der Waals surface area contributed by atoms with Gasteiger partial charge in [0.2, 0.25) is 0 Å². The third-order valence-electron chi connectivity index (χ3n) is 4.18. The summed E-state index contributed by atoms with van der Waals surface area (Å²) in [4.78, 5) is 17.2. The molecule has 0 unspecified atom stereocenters. The second-order valence-corrected chi connectivity index (χ2v) is 6.89. The van der Waals surface area contributed by atoms with E-state index in [1.54, 1.807) is 11.8 Å². The number of amides is 1. The van der Waals surface area contributed by atoms with Gasteiger partial charge in [-0.1, -0.05) is 49.0 Å². The number of hydrogen-bond acceptors (Lipinski definition) is 4. The zero-order valence-corrected chi connectivity index (χ0v) is 14.8. The highest BCUT2D eigenvalue weighted by Crippen LogP contribution is 2.30. The van der Waals surface area contributed by atoms with Gasteiger partial charge in [-0.3, -0.25) is 10.2 Å². The predicted molar refractivity (Wildman–Crippen MR) is 98.2 cm³/mol. The second kappa shape index (κ2) is 8.33. The van der Waals surface area contributed by atoms with Gasteiger partial charge in [-0.05, 0) is 30.8 Å². The summed E-state index contributed by atoms with van der Waals surface area (Å²) in [7, 11) is 0. The number of hydrazine groups is 1. The smallest absolute Gasteiger partial charge is 0.266 e. The van der Waals surface area contributed by atoms with Gasteiger partial charge in [0.05, 0.1) is 5.56 Å². The molecule has 3 rings (SSSR count). The minimum Gasteiger partial charge on any atom is -0.301 e. The Bertz CT molecular complexity index is 669. The van der Waals surface area contributed by atoms with Gasteiger partial charge in [-0.15, -0.1) is 0 Å². The summed E-state index contributed by atoms with van der Waals surface area (Å²) in [6.45, 7) is 6.97. The maximum absolute atomic E-state index is 12.7. The number of rotatable bonds is 5. The van der Waals surface area contributed by atoms with Crippen LogP contribution in [0, 0.1) is 0 Å². The molecule has 1 amide bonds. The second-order valence-electron chi connectivity index (χ2n) is 5.77. The first kappa shape index (κ1) is 17.0. The van der Waals surface area contributed by atoms with E-state index in [2.05, 4.69) is 29.4 Å². The van der Waals surface area contributed by atoms with Gasteiger partial charge >= 0.3 is 0 Å². The summed E-state index contributed by atoms with van der Waals surface area (Å²) in [6.07, 6.45) is 0. The molecule has 0 radical (unpaired) electrons. The Balaban J connectivity index is 1.67. The largest absolute Gasteiger partial charge is 0.301 e. The summed E-state index contributed by atoms with van der Waals surface area (Å²) in [5, 5.41) is 2.03. The van der Waals surface area contributed by atoms with E-state index in [9.17, 15) is 4.79 Å². The third kappa shape index (κ3) is 4.38. The molecule has 1 aliphatic rings. The van der Waals surface area contributed by atoms with Gasteiger partial charge < -0.3 is 4.90 Å². The van der Waals surface area contributed by atoms with Crippen molar-refractivity contribution in [2.45, 2.75) is 16.7 Å². The number of piperazine rings is 1. The number of likely N-dealkylation sites (N-methyl/N-ethyl adjacent to an activating group) is 1. The Kier molecular flexibility index (Phi) is 5.91. The van der Waals surface area contributed by atoms with Gasteiger partial charge in [0.15, 0.2) is 0 Å². The first-order chi connectivity index (χ1) is 11.8. The fourth-order valence-corrected chi connectivity index (χ4v) is 3.70. The molecular weight excluding hydrogens is 318 g/mol. The Hall–Kier alpha value is -1.82. The zero-order chi connectivity index (χ0) is 16.8. The molecule has 0 spiro atoms. The van der Waals surface area contributed by atoms with Crippen LogP contribution >= 0.6 is 11.8 Å². The van der Waals surface area contributed by atoms with Crippen LogP contribution in [0.3, 0.4) is 0 Å². The summed E-state index contributed by atoms with van der Waals surface area (Å²) in [5.74, 6) is -0.0287. The quantitative estimate of drug-likeness (QED) is 0.906. The van der Waals surface area contributed by atoms with Gasteiger partial charge in [0, 0.05) is 36.0 Å². The molecule has 1 heterocycles. The van der Waals surface area contributed by atoms with Crippen molar-refractivity contribution in [1.82, 2.24) is 15.3 Å². The summed E-state index contributed by atoms with van der Waals surface area (Å²) >= 11 is 1.62. The van der Waals surface area contributed by atoms with E-state index in [0.717, 1.165) is 48.1 Å². The lowest BCUT2D eigenvalue weighted by Crippen LogP contribution is -2.53. The number of benzene rings is 2. The van der Waals surface area contributed by atoms with E-state index < -0.39 is 0 Å². The monoisotopic (exact) mass is 341 g/mol. The molecule has 1 saturated heterocycles. The summed E-state index contributed by atoms with van der Waals surface area (Å²) in [6, 6.07) is 17.9. The number of carbonyl (C=O) groups is 1. The molecule has 4 nitrogen and oxygen atoms in total. The molecule has 1 aliphatic heterocycles. The average molecular weight is 341 g/mol. The van der Waals surface area contributed by atoms with Crippen molar-refractivity contribution in [3.63, 3.8) is 0 Å². The maximum atomic E-state index is 12.7.